The van der Waals surface area contributed by atoms with Crippen molar-refractivity contribution in [3.05, 3.63) is 12.2 Å². The van der Waals surface area contributed by atoms with Crippen molar-refractivity contribution in [1.82, 2.24) is 0 Å². The Kier molecular flexibility index (Phi) is 2.89. The van der Waals surface area contributed by atoms with Gasteiger partial charge in [0, 0.05) is 5.33 Å². The van der Waals surface area contributed by atoms with E-state index in [1.54, 1.807) is 0 Å². The molecule has 1 fully saturated rings. The molecule has 1 aliphatic rings. The summed E-state index contributed by atoms with van der Waals surface area (Å²) in [6.45, 7) is 3.31. The van der Waals surface area contributed by atoms with Crippen LogP contribution in [0.4, 0.5) is 0 Å². The van der Waals surface area contributed by atoms with Gasteiger partial charge in [0.25, 0.3) is 0 Å². The maximum atomic E-state index is 5.31. The largest absolute Gasteiger partial charge is 0.344 e. The second-order valence-electron chi connectivity index (χ2n) is 2.27. The lowest BCUT2D eigenvalue weighted by Crippen LogP contribution is -2.21. The topological polar surface area (TPSA) is 18.5 Å². The third-order valence-corrected chi connectivity index (χ3v) is 1.74. The zero-order valence-corrected chi connectivity index (χ0v) is 7.56. The second kappa shape index (κ2) is 3.51. The summed E-state index contributed by atoms with van der Waals surface area (Å²) in [6, 6.07) is 0. The first-order valence-electron chi connectivity index (χ1n) is 3.28. The zero-order valence-electron chi connectivity index (χ0n) is 5.97. The van der Waals surface area contributed by atoms with Crippen LogP contribution in [-0.2, 0) is 9.47 Å². The van der Waals surface area contributed by atoms with E-state index in [0.717, 1.165) is 5.33 Å². The minimum atomic E-state index is -0.465. The summed E-state index contributed by atoms with van der Waals surface area (Å²) in [5, 5.41) is 0.843. The van der Waals surface area contributed by atoms with E-state index in [1.165, 1.54) is 0 Å². The molecule has 0 aromatic carbocycles. The highest BCUT2D eigenvalue weighted by molar-refractivity contribution is 9.09. The Morgan fingerprint density at radius 2 is 2.10 bits per heavy atom. The van der Waals surface area contributed by atoms with Crippen LogP contribution in [0.5, 0.6) is 0 Å². The van der Waals surface area contributed by atoms with Crippen molar-refractivity contribution in [2.24, 2.45) is 0 Å². The number of halogens is 1. The smallest absolute Gasteiger partial charge is 0.185 e. The van der Waals surface area contributed by atoms with Gasteiger partial charge in [-0.2, -0.15) is 0 Å². The van der Waals surface area contributed by atoms with E-state index >= 15 is 0 Å². The molecule has 0 amide bonds. The Labute approximate surface area is 69.3 Å². The Bertz CT molecular complexity index is 128. The fourth-order valence-corrected chi connectivity index (χ4v) is 1.07. The van der Waals surface area contributed by atoms with Gasteiger partial charge in [0.1, 0.15) is 0 Å². The lowest BCUT2D eigenvalue weighted by Gasteiger charge is -2.16. The van der Waals surface area contributed by atoms with E-state index in [4.69, 9.17) is 9.47 Å². The second-order valence-corrected chi connectivity index (χ2v) is 2.92. The molecule has 2 nitrogen and oxygen atoms in total. The van der Waals surface area contributed by atoms with Gasteiger partial charge < -0.3 is 9.47 Å². The van der Waals surface area contributed by atoms with Crippen molar-refractivity contribution < 1.29 is 9.47 Å². The molecule has 3 heteroatoms. The van der Waals surface area contributed by atoms with Crippen molar-refractivity contribution in [1.29, 1.82) is 0 Å². The average molecular weight is 207 g/mol. The van der Waals surface area contributed by atoms with Gasteiger partial charge in [-0.25, -0.2) is 0 Å². The standard InChI is InChI=1S/C7H11BrO2/c1-7(3-2-4-8)9-5-6-10-7/h2-3H,4-6H2,1H3/b3-2+. The third-order valence-electron chi connectivity index (χ3n) is 1.37. The quantitative estimate of drug-likeness (QED) is 0.506. The fourth-order valence-electron chi connectivity index (χ4n) is 0.885. The Morgan fingerprint density at radius 1 is 1.50 bits per heavy atom. The van der Waals surface area contributed by atoms with Crippen molar-refractivity contribution in [3.8, 4) is 0 Å². The average Bonchev–Trinajstić information content (AvgIpc) is 2.33. The van der Waals surface area contributed by atoms with E-state index < -0.39 is 5.79 Å². The predicted molar refractivity (Wildman–Crippen MR) is 43.2 cm³/mol. The Balaban J connectivity index is 2.43. The van der Waals surface area contributed by atoms with E-state index in [2.05, 4.69) is 15.9 Å². The minimum Gasteiger partial charge on any atom is -0.344 e. The molecule has 0 atom stereocenters. The van der Waals surface area contributed by atoms with Gasteiger partial charge in [0.05, 0.1) is 13.2 Å². The molecule has 0 bridgehead atoms. The molecule has 58 valence electrons. The molecule has 1 rings (SSSR count). The van der Waals surface area contributed by atoms with E-state index in [9.17, 15) is 0 Å². The monoisotopic (exact) mass is 206 g/mol. The summed E-state index contributed by atoms with van der Waals surface area (Å²) in [6.07, 6.45) is 3.90. The van der Waals surface area contributed by atoms with Gasteiger partial charge in [0.15, 0.2) is 5.79 Å². The van der Waals surface area contributed by atoms with Gasteiger partial charge in [0.2, 0.25) is 0 Å². The number of hydrogen-bond donors (Lipinski definition) is 0. The third kappa shape index (κ3) is 2.08. The van der Waals surface area contributed by atoms with Crippen molar-refractivity contribution >= 4 is 15.9 Å². The van der Waals surface area contributed by atoms with Crippen LogP contribution >= 0.6 is 15.9 Å². The molecule has 0 unspecified atom stereocenters. The first-order chi connectivity index (χ1) is 4.77. The Morgan fingerprint density at radius 3 is 2.60 bits per heavy atom. The number of hydrogen-bond acceptors (Lipinski definition) is 2. The molecule has 1 aliphatic heterocycles. The van der Waals surface area contributed by atoms with Gasteiger partial charge in [-0.05, 0) is 13.0 Å². The van der Waals surface area contributed by atoms with Gasteiger partial charge in [-0.1, -0.05) is 22.0 Å². The lowest BCUT2D eigenvalue weighted by molar-refractivity contribution is -0.0997. The van der Waals surface area contributed by atoms with Gasteiger partial charge in [-0.3, -0.25) is 0 Å². The number of ether oxygens (including phenoxy) is 2. The molecule has 1 saturated heterocycles. The molecule has 0 aliphatic carbocycles. The molecule has 0 aromatic heterocycles. The first kappa shape index (κ1) is 8.24. The highest BCUT2D eigenvalue weighted by Crippen LogP contribution is 2.19. The van der Waals surface area contributed by atoms with E-state index in [0.29, 0.717) is 13.2 Å². The fraction of sp³-hybridized carbons (Fsp3) is 0.714. The highest BCUT2D eigenvalue weighted by Gasteiger charge is 2.26. The lowest BCUT2D eigenvalue weighted by atomic mass is 10.3. The summed E-state index contributed by atoms with van der Waals surface area (Å²) < 4.78 is 10.6. The van der Waals surface area contributed by atoms with Crippen LogP contribution < -0.4 is 0 Å². The summed E-state index contributed by atoms with van der Waals surface area (Å²) in [5.74, 6) is -0.465. The molecule has 10 heavy (non-hydrogen) atoms. The van der Waals surface area contributed by atoms with Crippen LogP contribution in [0.3, 0.4) is 0 Å². The zero-order chi connectivity index (χ0) is 7.45. The van der Waals surface area contributed by atoms with Crippen LogP contribution in [0.1, 0.15) is 6.92 Å². The molecule has 0 N–H and O–H groups in total. The molecule has 0 radical (unpaired) electrons. The van der Waals surface area contributed by atoms with Crippen LogP contribution in [0.15, 0.2) is 12.2 Å². The van der Waals surface area contributed by atoms with Crippen molar-refractivity contribution in [3.63, 3.8) is 0 Å². The molecule has 1 heterocycles. The summed E-state index contributed by atoms with van der Waals surface area (Å²) in [5.41, 5.74) is 0. The van der Waals surface area contributed by atoms with Crippen LogP contribution in [0, 0.1) is 0 Å². The van der Waals surface area contributed by atoms with Gasteiger partial charge >= 0.3 is 0 Å². The number of allylic oxidation sites excluding steroid dienone is 1. The van der Waals surface area contributed by atoms with Crippen molar-refractivity contribution in [2.75, 3.05) is 18.5 Å². The SMILES string of the molecule is CC1(/C=C/CBr)OCCO1. The Hall–Kier alpha value is 0.140. The van der Waals surface area contributed by atoms with Crippen LogP contribution in [-0.4, -0.2) is 24.3 Å². The number of alkyl halides is 1. The summed E-state index contributed by atoms with van der Waals surface area (Å²) in [4.78, 5) is 0. The highest BCUT2D eigenvalue weighted by atomic mass is 79.9. The normalized spacial score (nSPS) is 24.2. The van der Waals surface area contributed by atoms with Gasteiger partial charge in [-0.15, -0.1) is 0 Å². The predicted octanol–water partition coefficient (Wildman–Crippen LogP) is 1.70. The molecule has 0 saturated carbocycles. The molecule has 0 aromatic rings. The summed E-state index contributed by atoms with van der Waals surface area (Å²) >= 11 is 3.28. The molecular weight excluding hydrogens is 196 g/mol. The molecule has 0 spiro atoms. The number of rotatable bonds is 2. The van der Waals surface area contributed by atoms with Crippen molar-refractivity contribution in [2.45, 2.75) is 12.7 Å². The van der Waals surface area contributed by atoms with Crippen LogP contribution in [0.25, 0.3) is 0 Å². The summed E-state index contributed by atoms with van der Waals surface area (Å²) in [7, 11) is 0. The molecular formula is C7H11BrO2. The maximum Gasteiger partial charge on any atom is 0.185 e. The van der Waals surface area contributed by atoms with E-state index in [1.807, 2.05) is 19.1 Å². The minimum absolute atomic E-state index is 0.465. The first-order valence-corrected chi connectivity index (χ1v) is 4.40. The maximum absolute atomic E-state index is 5.31. The van der Waals surface area contributed by atoms with E-state index in [-0.39, 0.29) is 0 Å². The van der Waals surface area contributed by atoms with Crippen LogP contribution in [0.2, 0.25) is 0 Å².